The minimum atomic E-state index is -4.64. The number of nitrogens with zero attached hydrogens (tertiary/aromatic N) is 10. The number of halogens is 25. The number of phenolic OH excluding ortho intramolecular Hbond substituents is 2. The van der Waals surface area contributed by atoms with Crippen molar-refractivity contribution in [2.24, 2.45) is 21.1 Å². The number of phenols is 2. The van der Waals surface area contributed by atoms with Crippen LogP contribution in [-0.4, -0.2) is 88.7 Å². The van der Waals surface area contributed by atoms with Gasteiger partial charge in [0.2, 0.25) is 0 Å². The molecule has 5 aromatic heterocycles. The maximum atomic E-state index is 13.7. The first kappa shape index (κ1) is 104. The largest absolute Gasteiger partial charge is 0.507 e. The fraction of sp³-hybridized carbons (Fsp3) is 0.130. The molecule has 740 valence electrons. The van der Waals surface area contributed by atoms with Crippen molar-refractivity contribution in [1.29, 1.82) is 0 Å². The fourth-order valence-corrected chi connectivity index (χ4v) is 13.7. The number of hydrogen-bond acceptors (Lipinski definition) is 15. The quantitative estimate of drug-likeness (QED) is 0.0337. The molecule has 142 heavy (non-hydrogen) atoms. The zero-order valence-electron chi connectivity index (χ0n) is 72.5. The molecule has 0 radical (unpaired) electrons. The fourth-order valence-electron chi connectivity index (χ4n) is 13.7. The number of hydrogen-bond donors (Lipinski definition) is 10. The second kappa shape index (κ2) is 41.3. The van der Waals surface area contributed by atoms with E-state index in [9.17, 15) is 144 Å². The Hall–Kier alpha value is -17.2. The molecule has 0 fully saturated rings. The number of aryl methyl sites for hydroxylation is 4. The molecule has 5 amide bonds. The van der Waals surface area contributed by atoms with Gasteiger partial charge in [0.05, 0.1) is 39.6 Å². The Morgan fingerprint density at radius 3 is 1.03 bits per heavy atom. The van der Waals surface area contributed by atoms with Crippen LogP contribution in [0.5, 0.6) is 11.5 Å². The van der Waals surface area contributed by atoms with Gasteiger partial charge in [-0.3, -0.25) is 42.7 Å². The molecule has 0 bridgehead atoms. The number of carbonyl (C=O) groups is 5. The highest BCUT2D eigenvalue weighted by molar-refractivity contribution is 6.09. The number of carbonyl (C=O) groups excluding carboxylic acids is 5. The summed E-state index contributed by atoms with van der Waals surface area (Å²) in [5, 5.41) is 51.1. The van der Waals surface area contributed by atoms with Crippen molar-refractivity contribution < 1.29 is 144 Å². The van der Waals surface area contributed by atoms with E-state index >= 15 is 0 Å². The number of fused-ring (bicyclic) bond motifs is 3. The van der Waals surface area contributed by atoms with Gasteiger partial charge in [0.15, 0.2) is 28.5 Å². The van der Waals surface area contributed by atoms with Crippen LogP contribution in [0.25, 0.3) is 56.3 Å². The van der Waals surface area contributed by atoms with Crippen LogP contribution in [0.3, 0.4) is 0 Å². The van der Waals surface area contributed by atoms with Crippen molar-refractivity contribution in [3.63, 3.8) is 0 Å². The minimum absolute atomic E-state index is 0.00924. The van der Waals surface area contributed by atoms with Crippen molar-refractivity contribution in [2.45, 2.75) is 57.4 Å². The van der Waals surface area contributed by atoms with Crippen molar-refractivity contribution in [2.75, 3.05) is 43.4 Å². The monoisotopic (exact) mass is 2010 g/mol. The summed E-state index contributed by atoms with van der Waals surface area (Å²) >= 11 is 0. The molecule has 25 nitrogen and oxygen atoms in total. The van der Waals surface area contributed by atoms with Gasteiger partial charge >= 0.3 is 30.9 Å². The third-order valence-electron chi connectivity index (χ3n) is 20.4. The normalized spacial score (nSPS) is 12.3. The van der Waals surface area contributed by atoms with Gasteiger partial charge in [0, 0.05) is 89.4 Å². The molecule has 1 atom stereocenters. The number of alkyl halides is 15. The number of nitrogen functional groups attached to an aromatic ring is 2. The van der Waals surface area contributed by atoms with Crippen LogP contribution in [0, 0.1) is 58.2 Å². The third kappa shape index (κ3) is 23.6. The van der Waals surface area contributed by atoms with Crippen molar-refractivity contribution in [3.8, 4) is 67.8 Å². The standard InChI is InChI=1S/C19H13F5N4O.C19H15F5N4O.C18H13F5N4O.2C18H12F5N3O2/c1-9-25-14-7-10(18(29)26-17-12(20)3-2-4-13(17)21)5-6-11(14)15-8-16(19(22,23)24)27-28(9)15;1-2-28-15(9-16(27-28)19(22,23)24)11-7-6-10(8-14(11)25)18(29)26-17-12(20)4-3-5-13(17)21;1-27-14(8-15(26-27)18(21,22)23)10-6-5-9(7-13(10)24)25-17(28)16-11(19)3-2-4-12(16)20;2*1-26-13(8-15(25-26)18(21,22)23)9-5-6-10(14(27)7-9)17(28)24-16-11(19)3-2-4-12(16)20/h2-9,25H,1H3,(H,26,29);3-9H,2,25H2,1H3,(H,26,29);2-8H,24H2,1H3,(H,25,28);2*2-8,27H,1H3,(H,24,28). The van der Waals surface area contributed by atoms with E-state index in [1.54, 1.807) is 13.8 Å². The van der Waals surface area contributed by atoms with Crippen LogP contribution in [0.2, 0.25) is 0 Å². The Morgan fingerprint density at radius 2 is 0.662 bits per heavy atom. The van der Waals surface area contributed by atoms with Gasteiger partial charge in [-0.25, -0.2) is 48.6 Å². The number of rotatable bonds is 15. The molecule has 12 N–H and O–H groups in total. The number of aromatic nitrogens is 10. The predicted octanol–water partition coefficient (Wildman–Crippen LogP) is 22.6. The Morgan fingerprint density at radius 1 is 0.345 bits per heavy atom. The lowest BCUT2D eigenvalue weighted by Gasteiger charge is -2.26. The lowest BCUT2D eigenvalue weighted by molar-refractivity contribution is -0.142. The number of nitrogens with one attached hydrogen (secondary N) is 6. The summed E-state index contributed by atoms with van der Waals surface area (Å²) in [6.45, 7) is 3.40. The zero-order chi connectivity index (χ0) is 104. The molecule has 0 saturated carbocycles. The van der Waals surface area contributed by atoms with E-state index in [1.807, 2.05) is 10.6 Å². The van der Waals surface area contributed by atoms with Gasteiger partial charge in [0.1, 0.15) is 104 Å². The molecule has 15 aromatic rings. The minimum Gasteiger partial charge on any atom is -0.507 e. The smallest absolute Gasteiger partial charge is 0.435 e. The maximum Gasteiger partial charge on any atom is 0.435 e. The highest BCUT2D eigenvalue weighted by atomic mass is 19.4. The first-order valence-corrected chi connectivity index (χ1v) is 40.3. The van der Waals surface area contributed by atoms with Gasteiger partial charge in [-0.05, 0) is 184 Å². The second-order valence-corrected chi connectivity index (χ2v) is 30.1. The van der Waals surface area contributed by atoms with Gasteiger partial charge in [-0.2, -0.15) is 91.3 Å². The number of para-hydroxylation sites is 4. The van der Waals surface area contributed by atoms with E-state index in [1.165, 1.54) is 98.6 Å². The summed E-state index contributed by atoms with van der Waals surface area (Å²) in [7, 11) is 3.92. The van der Waals surface area contributed by atoms with Gasteiger partial charge < -0.3 is 53.6 Å². The maximum absolute atomic E-state index is 13.7. The highest BCUT2D eigenvalue weighted by Gasteiger charge is 2.41. The summed E-state index contributed by atoms with van der Waals surface area (Å²) in [5.41, 5.74) is 4.96. The second-order valence-electron chi connectivity index (χ2n) is 30.1. The average molecular weight is 2010 g/mol. The van der Waals surface area contributed by atoms with Crippen LogP contribution in [0.4, 0.5) is 155 Å². The molecule has 50 heteroatoms. The predicted molar refractivity (Wildman–Crippen MR) is 464 cm³/mol. The van der Waals surface area contributed by atoms with E-state index in [0.29, 0.717) is 11.3 Å². The zero-order valence-corrected chi connectivity index (χ0v) is 72.5. The molecule has 1 unspecified atom stereocenters. The van der Waals surface area contributed by atoms with E-state index in [4.69, 9.17) is 11.5 Å². The van der Waals surface area contributed by atoms with Crippen LogP contribution in [-0.2, 0) is 58.6 Å². The van der Waals surface area contributed by atoms with Crippen LogP contribution < -0.4 is 43.4 Å². The number of benzene rings is 10. The lowest BCUT2D eigenvalue weighted by Crippen LogP contribution is -2.23. The number of aromatic hydroxyl groups is 2. The molecule has 6 heterocycles. The highest BCUT2D eigenvalue weighted by Crippen LogP contribution is 2.44. The number of nitrogens with two attached hydrogens (primary N) is 2. The summed E-state index contributed by atoms with van der Waals surface area (Å²) in [5.74, 6) is -15.6. The third-order valence-corrected chi connectivity index (χ3v) is 20.4. The summed E-state index contributed by atoms with van der Waals surface area (Å²) in [6, 6.07) is 38.6. The van der Waals surface area contributed by atoms with Crippen LogP contribution in [0.1, 0.15) is 100 Å². The Balaban J connectivity index is 0.000000159. The van der Waals surface area contributed by atoms with E-state index < -0.39 is 193 Å². The van der Waals surface area contributed by atoms with Crippen molar-refractivity contribution in [3.05, 3.63) is 327 Å². The van der Waals surface area contributed by atoms with Crippen LogP contribution >= 0.6 is 0 Å². The molecular formula is C92H65F25N18O7. The molecular weight excluding hydrogens is 1940 g/mol. The molecule has 0 saturated heterocycles. The van der Waals surface area contributed by atoms with Crippen molar-refractivity contribution in [1.82, 2.24) is 48.9 Å². The van der Waals surface area contributed by atoms with Crippen molar-refractivity contribution >= 4 is 75.0 Å². The van der Waals surface area contributed by atoms with Gasteiger partial charge in [0.25, 0.3) is 29.5 Å². The lowest BCUT2D eigenvalue weighted by atomic mass is 10.0. The summed E-state index contributed by atoms with van der Waals surface area (Å²) < 4.78 is 335. The SMILES string of the molecule is CC1Nc2cc(C(=O)Nc3c(F)cccc3F)ccc2-c2cc(C(F)(F)F)nn21.CCn1nc(C(F)(F)F)cc1-c1ccc(C(=O)Nc2c(F)cccc2F)cc1N.Cn1nc(C(F)(F)F)cc1-c1ccc(C(=O)Nc2c(F)cccc2F)c(O)c1.Cn1nc(C(F)(F)F)cc1-c1ccc(C(=O)Nc2c(F)cccc2F)c(O)c1.Cn1nc(C(F)(F)F)cc1-c1ccc(NC(=O)c2c(F)cccc2F)cc1N. The van der Waals surface area contributed by atoms with Gasteiger partial charge in [-0.1, -0.05) is 42.5 Å². The molecule has 16 rings (SSSR count). The topological polar surface area (TPSA) is 339 Å². The first-order valence-electron chi connectivity index (χ1n) is 40.3. The van der Waals surface area contributed by atoms with Gasteiger partial charge in [-0.15, -0.1) is 0 Å². The molecule has 10 aromatic carbocycles. The van der Waals surface area contributed by atoms with Crippen LogP contribution in [0.15, 0.2) is 212 Å². The number of anilines is 8. The first-order chi connectivity index (χ1) is 66.5. The van der Waals surface area contributed by atoms with E-state index in [2.05, 4.69) is 46.8 Å². The van der Waals surface area contributed by atoms with E-state index in [-0.39, 0.29) is 96.6 Å². The number of amides is 5. The molecule has 0 aliphatic carbocycles. The Bertz CT molecular complexity index is 7080. The summed E-state index contributed by atoms with van der Waals surface area (Å²) in [4.78, 5) is 61.3. The Labute approximate surface area is 781 Å². The molecule has 1 aliphatic rings. The summed E-state index contributed by atoms with van der Waals surface area (Å²) in [6.07, 6.45) is -23.7. The average Bonchev–Trinajstić information content (AvgIpc) is 1.59. The molecule has 0 spiro atoms. The molecule has 1 aliphatic heterocycles. The Kier molecular flexibility index (Phi) is 30.1. The van der Waals surface area contributed by atoms with E-state index in [0.717, 1.165) is 158 Å².